The summed E-state index contributed by atoms with van der Waals surface area (Å²) in [5.41, 5.74) is 1.39. The molecule has 2 aromatic heterocycles. The van der Waals surface area contributed by atoms with Crippen LogP contribution in [-0.2, 0) is 17.6 Å². The summed E-state index contributed by atoms with van der Waals surface area (Å²) in [6.45, 7) is 6.16. The molecule has 0 radical (unpaired) electrons. The molecule has 0 aromatic carbocycles. The minimum Gasteiger partial charge on any atom is -0.352 e. The number of aryl methyl sites for hydroxylation is 3. The number of fused-ring (bicyclic) bond motifs is 3. The standard InChI is InChI=1S/C16H22N4OS/c1-9(2)17-13(21)8-20(4)15-14-11-6-5-7-12(11)22-16(14)19-10(3)18-15/h9H,5-8H2,1-4H3,(H,17,21). The Labute approximate surface area is 134 Å². The SMILES string of the molecule is Cc1nc(N(C)CC(=O)NC(C)C)c2c3c(sc2n1)CCC3. The Morgan fingerprint density at radius 1 is 1.36 bits per heavy atom. The van der Waals surface area contributed by atoms with Crippen LogP contribution in [0.2, 0.25) is 0 Å². The van der Waals surface area contributed by atoms with Gasteiger partial charge in [0.15, 0.2) is 0 Å². The molecule has 6 heteroatoms. The quantitative estimate of drug-likeness (QED) is 0.941. The summed E-state index contributed by atoms with van der Waals surface area (Å²) in [6, 6.07) is 0.151. The molecule has 0 fully saturated rings. The highest BCUT2D eigenvalue weighted by molar-refractivity contribution is 7.19. The van der Waals surface area contributed by atoms with E-state index in [0.29, 0.717) is 6.54 Å². The van der Waals surface area contributed by atoms with Crippen LogP contribution >= 0.6 is 11.3 Å². The second kappa shape index (κ2) is 5.83. The summed E-state index contributed by atoms with van der Waals surface area (Å²) >= 11 is 1.78. The average Bonchev–Trinajstić information content (AvgIpc) is 2.96. The van der Waals surface area contributed by atoms with Gasteiger partial charge in [0.05, 0.1) is 11.9 Å². The van der Waals surface area contributed by atoms with Crippen LogP contribution in [0, 0.1) is 6.92 Å². The normalized spacial score (nSPS) is 13.7. The summed E-state index contributed by atoms with van der Waals surface area (Å²) in [6.07, 6.45) is 3.45. The van der Waals surface area contributed by atoms with Gasteiger partial charge in [0.25, 0.3) is 0 Å². The monoisotopic (exact) mass is 318 g/mol. The van der Waals surface area contributed by atoms with Gasteiger partial charge >= 0.3 is 0 Å². The van der Waals surface area contributed by atoms with E-state index in [1.165, 1.54) is 16.9 Å². The lowest BCUT2D eigenvalue weighted by Crippen LogP contribution is -2.39. The highest BCUT2D eigenvalue weighted by Gasteiger charge is 2.23. The first-order chi connectivity index (χ1) is 10.5. The van der Waals surface area contributed by atoms with Crippen LogP contribution in [0.15, 0.2) is 0 Å². The first-order valence-corrected chi connectivity index (χ1v) is 8.56. The van der Waals surface area contributed by atoms with Gasteiger partial charge < -0.3 is 10.2 Å². The molecule has 2 heterocycles. The number of likely N-dealkylation sites (N-methyl/N-ethyl adjacent to an activating group) is 1. The molecule has 1 N–H and O–H groups in total. The van der Waals surface area contributed by atoms with Crippen LogP contribution in [-0.4, -0.2) is 35.5 Å². The van der Waals surface area contributed by atoms with E-state index in [1.807, 2.05) is 32.7 Å². The van der Waals surface area contributed by atoms with Crippen molar-refractivity contribution in [2.75, 3.05) is 18.5 Å². The fourth-order valence-corrected chi connectivity index (χ4v) is 4.32. The first-order valence-electron chi connectivity index (χ1n) is 7.75. The van der Waals surface area contributed by atoms with Crippen LogP contribution < -0.4 is 10.2 Å². The van der Waals surface area contributed by atoms with Crippen molar-refractivity contribution in [1.29, 1.82) is 0 Å². The minimum atomic E-state index is 0.0220. The molecule has 1 amide bonds. The van der Waals surface area contributed by atoms with Crippen molar-refractivity contribution in [3.63, 3.8) is 0 Å². The summed E-state index contributed by atoms with van der Waals surface area (Å²) in [5.74, 6) is 1.67. The highest BCUT2D eigenvalue weighted by Crippen LogP contribution is 2.40. The van der Waals surface area contributed by atoms with Crippen LogP contribution in [0.3, 0.4) is 0 Å². The van der Waals surface area contributed by atoms with Gasteiger partial charge in [-0.2, -0.15) is 0 Å². The molecule has 0 aliphatic heterocycles. The maximum atomic E-state index is 12.0. The molecular weight excluding hydrogens is 296 g/mol. The second-order valence-corrected chi connectivity index (χ2v) is 7.29. The van der Waals surface area contributed by atoms with E-state index in [1.54, 1.807) is 11.3 Å². The third kappa shape index (κ3) is 2.79. The molecular formula is C16H22N4OS. The van der Waals surface area contributed by atoms with E-state index in [0.717, 1.165) is 34.7 Å². The molecule has 2 aromatic rings. The lowest BCUT2D eigenvalue weighted by atomic mass is 10.2. The Kier molecular flexibility index (Phi) is 4.04. The zero-order valence-corrected chi connectivity index (χ0v) is 14.4. The lowest BCUT2D eigenvalue weighted by molar-refractivity contribution is -0.120. The van der Waals surface area contributed by atoms with Crippen molar-refractivity contribution >= 4 is 33.3 Å². The van der Waals surface area contributed by atoms with Gasteiger partial charge in [-0.15, -0.1) is 11.3 Å². The van der Waals surface area contributed by atoms with Crippen LogP contribution in [0.4, 0.5) is 5.82 Å². The van der Waals surface area contributed by atoms with Crippen LogP contribution in [0.5, 0.6) is 0 Å². The van der Waals surface area contributed by atoms with Crippen molar-refractivity contribution in [2.45, 2.75) is 46.1 Å². The number of aromatic nitrogens is 2. The molecule has 5 nitrogen and oxygen atoms in total. The number of nitrogens with one attached hydrogen (secondary N) is 1. The molecule has 1 aliphatic rings. The molecule has 0 unspecified atom stereocenters. The van der Waals surface area contributed by atoms with Crippen LogP contribution in [0.25, 0.3) is 10.2 Å². The number of carbonyl (C=O) groups is 1. The molecule has 0 saturated carbocycles. The summed E-state index contributed by atoms with van der Waals surface area (Å²) in [7, 11) is 1.93. The number of carbonyl (C=O) groups excluding carboxylic acids is 1. The molecule has 3 rings (SSSR count). The van der Waals surface area contributed by atoms with Gasteiger partial charge in [0, 0.05) is 18.0 Å². The first kappa shape index (κ1) is 15.2. The molecule has 0 bridgehead atoms. The number of nitrogens with zero attached hydrogens (tertiary/aromatic N) is 3. The molecule has 0 spiro atoms. The molecule has 1 aliphatic carbocycles. The van der Waals surface area contributed by atoms with Gasteiger partial charge in [-0.1, -0.05) is 0 Å². The van der Waals surface area contributed by atoms with Gasteiger partial charge in [0.1, 0.15) is 16.5 Å². The highest BCUT2D eigenvalue weighted by atomic mass is 32.1. The number of rotatable bonds is 4. The van der Waals surface area contributed by atoms with E-state index in [9.17, 15) is 4.79 Å². The molecule has 118 valence electrons. The fraction of sp³-hybridized carbons (Fsp3) is 0.562. The fourth-order valence-electron chi connectivity index (χ4n) is 3.01. The van der Waals surface area contributed by atoms with Crippen molar-refractivity contribution < 1.29 is 4.79 Å². The molecule has 0 atom stereocenters. The topological polar surface area (TPSA) is 58.1 Å². The third-order valence-corrected chi connectivity index (χ3v) is 5.04. The summed E-state index contributed by atoms with van der Waals surface area (Å²) in [5, 5.41) is 4.09. The maximum Gasteiger partial charge on any atom is 0.239 e. The Bertz CT molecular complexity index is 722. The van der Waals surface area contributed by atoms with Crippen molar-refractivity contribution in [3.05, 3.63) is 16.3 Å². The van der Waals surface area contributed by atoms with E-state index in [-0.39, 0.29) is 11.9 Å². The van der Waals surface area contributed by atoms with E-state index >= 15 is 0 Å². The number of hydrogen-bond acceptors (Lipinski definition) is 5. The minimum absolute atomic E-state index is 0.0220. The number of amides is 1. The van der Waals surface area contributed by atoms with Gasteiger partial charge in [-0.05, 0) is 45.6 Å². The summed E-state index contributed by atoms with van der Waals surface area (Å²) in [4.78, 5) is 25.7. The van der Waals surface area contributed by atoms with E-state index < -0.39 is 0 Å². The van der Waals surface area contributed by atoms with Gasteiger partial charge in [-0.3, -0.25) is 4.79 Å². The van der Waals surface area contributed by atoms with Gasteiger partial charge in [0.2, 0.25) is 5.91 Å². The van der Waals surface area contributed by atoms with E-state index in [2.05, 4.69) is 15.3 Å². The van der Waals surface area contributed by atoms with E-state index in [4.69, 9.17) is 0 Å². The third-order valence-electron chi connectivity index (χ3n) is 3.85. The Morgan fingerprint density at radius 2 is 2.14 bits per heavy atom. The lowest BCUT2D eigenvalue weighted by Gasteiger charge is -2.20. The van der Waals surface area contributed by atoms with Crippen molar-refractivity contribution in [3.8, 4) is 0 Å². The predicted octanol–water partition coefficient (Wildman–Crippen LogP) is 2.45. The number of thiophene rings is 1. The number of hydrogen-bond donors (Lipinski definition) is 1. The predicted molar refractivity (Wildman–Crippen MR) is 90.7 cm³/mol. The smallest absolute Gasteiger partial charge is 0.239 e. The largest absolute Gasteiger partial charge is 0.352 e. The maximum absolute atomic E-state index is 12.0. The average molecular weight is 318 g/mol. The molecule has 0 saturated heterocycles. The Morgan fingerprint density at radius 3 is 2.86 bits per heavy atom. The summed E-state index contributed by atoms with van der Waals surface area (Å²) < 4.78 is 0. The Balaban J connectivity index is 1.97. The van der Waals surface area contributed by atoms with Crippen molar-refractivity contribution in [2.24, 2.45) is 0 Å². The molecule has 22 heavy (non-hydrogen) atoms. The van der Waals surface area contributed by atoms with Crippen LogP contribution in [0.1, 0.15) is 36.5 Å². The Hall–Kier alpha value is -1.69. The second-order valence-electron chi connectivity index (χ2n) is 6.21. The number of anilines is 1. The van der Waals surface area contributed by atoms with Crippen molar-refractivity contribution in [1.82, 2.24) is 15.3 Å². The van der Waals surface area contributed by atoms with Gasteiger partial charge in [-0.25, -0.2) is 9.97 Å². The zero-order valence-electron chi connectivity index (χ0n) is 13.6. The zero-order chi connectivity index (χ0) is 15.9.